The summed E-state index contributed by atoms with van der Waals surface area (Å²) in [4.78, 5) is 0. The van der Waals surface area contributed by atoms with E-state index in [1.165, 1.54) is 4.45 Å². The minimum Gasteiger partial charge on any atom is -0.492 e. The van der Waals surface area contributed by atoms with Crippen LogP contribution in [0.5, 0.6) is 5.75 Å². The first-order valence-electron chi connectivity index (χ1n) is 10.6. The van der Waals surface area contributed by atoms with Crippen LogP contribution in [0.3, 0.4) is 0 Å². The number of ether oxygens (including phenoxy) is 1. The molecule has 0 spiro atoms. The van der Waals surface area contributed by atoms with Crippen LogP contribution in [0.4, 0.5) is 17.6 Å². The average Bonchev–Trinajstić information content (AvgIpc) is 3.18. The maximum Gasteiger partial charge on any atom is 0.393 e. The summed E-state index contributed by atoms with van der Waals surface area (Å²) in [7, 11) is 0. The van der Waals surface area contributed by atoms with Gasteiger partial charge in [-0.05, 0) is 74.1 Å². The molecule has 4 aromatic rings. The van der Waals surface area contributed by atoms with E-state index >= 15 is 0 Å². The highest BCUT2D eigenvalue weighted by Crippen LogP contribution is 2.41. The summed E-state index contributed by atoms with van der Waals surface area (Å²) in [5.41, 5.74) is 7.98. The zero-order chi connectivity index (χ0) is 25.0. The molecule has 0 radical (unpaired) electrons. The standard InChI is InChI=1S/C25H21F4IN3OP/c26-24-20-14-18(8-11-22(20)33(32-24)35-30)23(17-6-9-19(10-7-17)34-13-12-31)21(15-25(27,28)29)16-4-2-1-3-5-16/h1-11,14,35H,12-13,15,31H2/b23-21+. The Kier molecular flexibility index (Phi) is 8.09. The zero-order valence-corrected chi connectivity index (χ0v) is 21.5. The molecule has 10 heteroatoms. The molecule has 0 aliphatic rings. The maximum atomic E-state index is 14.7. The highest BCUT2D eigenvalue weighted by Gasteiger charge is 2.31. The van der Waals surface area contributed by atoms with E-state index in [0.29, 0.717) is 46.7 Å². The second kappa shape index (κ2) is 11.1. The van der Waals surface area contributed by atoms with Crippen molar-refractivity contribution in [3.05, 3.63) is 95.4 Å². The van der Waals surface area contributed by atoms with Crippen LogP contribution in [0, 0.1) is 5.95 Å². The Balaban J connectivity index is 1.97. The summed E-state index contributed by atoms with van der Waals surface area (Å²) in [6.45, 7) is 0.663. The molecular weight excluding hydrogens is 592 g/mol. The molecule has 0 saturated heterocycles. The predicted molar refractivity (Wildman–Crippen MR) is 141 cm³/mol. The molecule has 182 valence electrons. The largest absolute Gasteiger partial charge is 0.492 e. The van der Waals surface area contributed by atoms with E-state index in [4.69, 9.17) is 10.5 Å². The number of alkyl halides is 3. The third-order valence-corrected chi connectivity index (χ3v) is 7.21. The van der Waals surface area contributed by atoms with E-state index < -0.39 is 18.5 Å². The van der Waals surface area contributed by atoms with Gasteiger partial charge in [-0.3, -0.25) is 0 Å². The Bertz CT molecular complexity index is 1340. The van der Waals surface area contributed by atoms with Gasteiger partial charge in [-0.2, -0.15) is 17.6 Å². The van der Waals surface area contributed by atoms with Crippen LogP contribution in [0.2, 0.25) is 0 Å². The highest BCUT2D eigenvalue weighted by molar-refractivity contribution is 14.2. The van der Waals surface area contributed by atoms with Crippen molar-refractivity contribution >= 4 is 50.5 Å². The lowest BCUT2D eigenvalue weighted by molar-refractivity contribution is -0.122. The fraction of sp³-hybridized carbons (Fsp3) is 0.160. The van der Waals surface area contributed by atoms with E-state index in [9.17, 15) is 17.6 Å². The summed E-state index contributed by atoms with van der Waals surface area (Å²) in [6.07, 6.45) is -5.42. The maximum absolute atomic E-state index is 14.7. The van der Waals surface area contributed by atoms with Crippen molar-refractivity contribution in [1.29, 1.82) is 0 Å². The summed E-state index contributed by atoms with van der Waals surface area (Å²) in [5.74, 6) is -0.102. The molecule has 3 aromatic carbocycles. The lowest BCUT2D eigenvalue weighted by Crippen LogP contribution is -2.11. The minimum absolute atomic E-state index is 0.0941. The van der Waals surface area contributed by atoms with E-state index in [2.05, 4.69) is 27.1 Å². The van der Waals surface area contributed by atoms with Gasteiger partial charge in [0.15, 0.2) is 0 Å². The van der Waals surface area contributed by atoms with Gasteiger partial charge in [-0.15, -0.1) is 5.10 Å². The molecule has 0 aliphatic carbocycles. The Morgan fingerprint density at radius 2 is 1.66 bits per heavy atom. The molecular formula is C25H21F4IN3OP. The number of fused-ring (bicyclic) bond motifs is 1. The Hall–Kier alpha value is -2.49. The van der Waals surface area contributed by atoms with E-state index in [1.807, 2.05) is 0 Å². The van der Waals surface area contributed by atoms with Crippen LogP contribution in [-0.2, 0) is 0 Å². The van der Waals surface area contributed by atoms with Gasteiger partial charge in [0.25, 0.3) is 0 Å². The van der Waals surface area contributed by atoms with Crippen LogP contribution in [-0.4, -0.2) is 28.9 Å². The average molecular weight is 613 g/mol. The van der Waals surface area contributed by atoms with Crippen molar-refractivity contribution in [2.24, 2.45) is 5.73 Å². The van der Waals surface area contributed by atoms with Crippen LogP contribution in [0.1, 0.15) is 23.1 Å². The topological polar surface area (TPSA) is 53.1 Å². The normalized spacial score (nSPS) is 13.0. The number of benzene rings is 3. The zero-order valence-electron chi connectivity index (χ0n) is 18.3. The predicted octanol–water partition coefficient (Wildman–Crippen LogP) is 7.22. The second-order valence-electron chi connectivity index (χ2n) is 7.69. The van der Waals surface area contributed by atoms with Crippen molar-refractivity contribution in [2.75, 3.05) is 13.2 Å². The molecule has 0 fully saturated rings. The van der Waals surface area contributed by atoms with Crippen molar-refractivity contribution < 1.29 is 22.3 Å². The lowest BCUT2D eigenvalue weighted by atomic mass is 9.87. The molecule has 0 saturated carbocycles. The molecule has 0 amide bonds. The van der Waals surface area contributed by atoms with Crippen molar-refractivity contribution in [3.8, 4) is 5.75 Å². The number of halogens is 5. The first-order chi connectivity index (χ1) is 16.8. The summed E-state index contributed by atoms with van der Waals surface area (Å²) < 4.78 is 63.2. The van der Waals surface area contributed by atoms with Gasteiger partial charge in [-0.25, -0.2) is 4.45 Å². The summed E-state index contributed by atoms with van der Waals surface area (Å²) >= 11 is 2.10. The number of nitrogens with zero attached hydrogens (tertiary/aromatic N) is 2. The van der Waals surface area contributed by atoms with Crippen LogP contribution < -0.4 is 10.5 Å². The molecule has 4 nitrogen and oxygen atoms in total. The number of hydrogen-bond donors (Lipinski definition) is 1. The highest BCUT2D eigenvalue weighted by atomic mass is 127. The van der Waals surface area contributed by atoms with Gasteiger partial charge >= 0.3 is 6.18 Å². The fourth-order valence-electron chi connectivity index (χ4n) is 3.89. The van der Waals surface area contributed by atoms with E-state index in [0.717, 1.165) is 0 Å². The number of rotatable bonds is 8. The number of allylic oxidation sites excluding steroid dienone is 1. The molecule has 2 N–H and O–H groups in total. The molecule has 0 bridgehead atoms. The molecule has 1 heterocycles. The Morgan fingerprint density at radius 1 is 0.971 bits per heavy atom. The van der Waals surface area contributed by atoms with Gasteiger partial charge in [-0.1, -0.05) is 48.5 Å². The monoisotopic (exact) mass is 613 g/mol. The third kappa shape index (κ3) is 6.02. The molecule has 0 aliphatic heterocycles. The number of nitrogens with two attached hydrogens (primary N) is 1. The van der Waals surface area contributed by atoms with Gasteiger partial charge < -0.3 is 10.5 Å². The molecule has 1 aromatic heterocycles. The van der Waals surface area contributed by atoms with Crippen LogP contribution in [0.25, 0.3) is 22.0 Å². The third-order valence-electron chi connectivity index (χ3n) is 5.33. The first-order valence-corrected chi connectivity index (χ1v) is 14.7. The second-order valence-corrected chi connectivity index (χ2v) is 9.73. The van der Waals surface area contributed by atoms with Crippen LogP contribution in [0.15, 0.2) is 72.8 Å². The summed E-state index contributed by atoms with van der Waals surface area (Å²) in [5, 5.41) is 4.17. The molecule has 1 atom stereocenters. The van der Waals surface area contributed by atoms with Crippen LogP contribution >= 0.6 is 28.4 Å². The van der Waals surface area contributed by atoms with Gasteiger partial charge in [0, 0.05) is 6.54 Å². The van der Waals surface area contributed by atoms with Gasteiger partial charge in [0.05, 0.1) is 23.7 Å². The molecule has 4 rings (SSSR count). The smallest absolute Gasteiger partial charge is 0.393 e. The Morgan fingerprint density at radius 3 is 2.29 bits per heavy atom. The Labute approximate surface area is 214 Å². The number of hydrogen-bond acceptors (Lipinski definition) is 3. The fourth-order valence-corrected chi connectivity index (χ4v) is 5.40. The van der Waals surface area contributed by atoms with Crippen molar-refractivity contribution in [2.45, 2.75) is 12.6 Å². The van der Waals surface area contributed by atoms with E-state index in [1.54, 1.807) is 72.8 Å². The quantitative estimate of drug-likeness (QED) is 0.0989. The molecule has 35 heavy (non-hydrogen) atoms. The molecule has 1 unspecified atom stereocenters. The number of aromatic nitrogens is 2. The lowest BCUT2D eigenvalue weighted by Gasteiger charge is -2.19. The van der Waals surface area contributed by atoms with E-state index in [-0.39, 0.29) is 17.3 Å². The summed E-state index contributed by atoms with van der Waals surface area (Å²) in [6, 6.07) is 20.2. The first kappa shape index (κ1) is 25.6. The SMILES string of the molecule is NCCOc1ccc(/C(=C(/CC(F)(F)F)c2ccccc2)c2ccc3c(c2)c(F)nn3PI)cc1. The van der Waals surface area contributed by atoms with Gasteiger partial charge in [0.1, 0.15) is 12.4 Å². The van der Waals surface area contributed by atoms with Crippen molar-refractivity contribution in [3.63, 3.8) is 0 Å². The minimum atomic E-state index is -4.46. The van der Waals surface area contributed by atoms with Crippen molar-refractivity contribution in [1.82, 2.24) is 9.55 Å². The van der Waals surface area contributed by atoms with Gasteiger partial charge in [0.2, 0.25) is 5.95 Å².